The Balaban J connectivity index is 2.88. The van der Waals surface area contributed by atoms with E-state index in [1.165, 1.54) is 7.11 Å². The van der Waals surface area contributed by atoms with E-state index in [-0.39, 0.29) is 5.75 Å². The van der Waals surface area contributed by atoms with E-state index in [4.69, 9.17) is 9.94 Å². The minimum absolute atomic E-state index is 0.0625. The number of nitrogens with zero attached hydrogens (tertiary/aromatic N) is 3. The zero-order chi connectivity index (χ0) is 16.8. The van der Waals surface area contributed by atoms with Crippen molar-refractivity contribution in [2.24, 2.45) is 15.1 Å². The Morgan fingerprint density at radius 1 is 1.27 bits per heavy atom. The van der Waals surface area contributed by atoms with E-state index in [1.54, 1.807) is 38.3 Å². The summed E-state index contributed by atoms with van der Waals surface area (Å²) in [6, 6.07) is 5.23. The summed E-state index contributed by atoms with van der Waals surface area (Å²) in [5, 5.41) is 21.8. The van der Waals surface area contributed by atoms with Crippen LogP contribution in [0, 0.1) is 0 Å². The maximum absolute atomic E-state index is 10.0. The predicted octanol–water partition coefficient (Wildman–Crippen LogP) is 2.91. The molecule has 0 unspecified atom stereocenters. The molecule has 0 atom stereocenters. The largest absolute Gasteiger partial charge is 0.504 e. The average molecular weight is 305 g/mol. The molecule has 1 aromatic carbocycles. The van der Waals surface area contributed by atoms with Crippen LogP contribution in [0.15, 0.2) is 33.3 Å². The molecule has 0 amide bonds. The molecule has 0 aliphatic carbocycles. The van der Waals surface area contributed by atoms with Crippen molar-refractivity contribution in [1.29, 1.82) is 0 Å². The van der Waals surface area contributed by atoms with Crippen molar-refractivity contribution >= 4 is 17.6 Å². The van der Waals surface area contributed by atoms with Gasteiger partial charge < -0.3 is 15.1 Å². The second-order valence-electron chi connectivity index (χ2n) is 5.56. The lowest BCUT2D eigenvalue weighted by atomic mass is 10.1. The Kier molecular flexibility index (Phi) is 6.10. The highest BCUT2D eigenvalue weighted by molar-refractivity contribution is 6.40. The van der Waals surface area contributed by atoms with Gasteiger partial charge in [0.25, 0.3) is 0 Å². The SMILES string of the molecule is COc1cccc(C=NC(C)(C)CN=C(C)/C(C)=N/O)c1O. The molecule has 0 spiro atoms. The minimum Gasteiger partial charge on any atom is -0.504 e. The summed E-state index contributed by atoms with van der Waals surface area (Å²) in [4.78, 5) is 8.83. The number of phenols is 1. The zero-order valence-corrected chi connectivity index (χ0v) is 13.7. The van der Waals surface area contributed by atoms with E-state index in [0.29, 0.717) is 29.3 Å². The van der Waals surface area contributed by atoms with Gasteiger partial charge in [-0.1, -0.05) is 11.2 Å². The zero-order valence-electron chi connectivity index (χ0n) is 13.7. The van der Waals surface area contributed by atoms with Gasteiger partial charge in [-0.2, -0.15) is 0 Å². The highest BCUT2D eigenvalue weighted by Crippen LogP contribution is 2.28. The number of phenolic OH excluding ortho intramolecular Hbond substituents is 1. The smallest absolute Gasteiger partial charge is 0.166 e. The number of para-hydroxylation sites is 1. The van der Waals surface area contributed by atoms with Crippen molar-refractivity contribution in [3.8, 4) is 11.5 Å². The van der Waals surface area contributed by atoms with E-state index >= 15 is 0 Å². The van der Waals surface area contributed by atoms with Crippen LogP contribution in [0.5, 0.6) is 11.5 Å². The number of ether oxygens (including phenoxy) is 1. The van der Waals surface area contributed by atoms with Gasteiger partial charge >= 0.3 is 0 Å². The van der Waals surface area contributed by atoms with E-state index in [1.807, 2.05) is 13.8 Å². The van der Waals surface area contributed by atoms with E-state index in [9.17, 15) is 5.11 Å². The van der Waals surface area contributed by atoms with Crippen molar-refractivity contribution in [2.75, 3.05) is 13.7 Å². The van der Waals surface area contributed by atoms with Gasteiger partial charge in [-0.15, -0.1) is 0 Å². The van der Waals surface area contributed by atoms with Crippen molar-refractivity contribution in [2.45, 2.75) is 33.2 Å². The lowest BCUT2D eigenvalue weighted by molar-refractivity contribution is 0.320. The van der Waals surface area contributed by atoms with E-state index < -0.39 is 5.54 Å². The Morgan fingerprint density at radius 3 is 2.55 bits per heavy atom. The van der Waals surface area contributed by atoms with E-state index in [0.717, 1.165) is 0 Å². The van der Waals surface area contributed by atoms with Crippen LogP contribution >= 0.6 is 0 Å². The van der Waals surface area contributed by atoms with Gasteiger partial charge in [-0.25, -0.2) is 0 Å². The fraction of sp³-hybridized carbons (Fsp3) is 0.438. The third-order valence-electron chi connectivity index (χ3n) is 3.18. The van der Waals surface area contributed by atoms with Gasteiger partial charge in [0.1, 0.15) is 0 Å². The molecule has 0 aliphatic heterocycles. The van der Waals surface area contributed by atoms with Gasteiger partial charge in [0.15, 0.2) is 11.5 Å². The highest BCUT2D eigenvalue weighted by atomic mass is 16.5. The molecule has 120 valence electrons. The van der Waals surface area contributed by atoms with Crippen LogP contribution in [0.3, 0.4) is 0 Å². The van der Waals surface area contributed by atoms with Crippen LogP contribution in [-0.2, 0) is 0 Å². The van der Waals surface area contributed by atoms with Crippen LogP contribution in [0.2, 0.25) is 0 Å². The fourth-order valence-electron chi connectivity index (χ4n) is 1.59. The maximum Gasteiger partial charge on any atom is 0.166 e. The standard InChI is InChI=1S/C16H23N3O3/c1-11(12(2)19-21)17-10-16(3,4)18-9-13-7-6-8-14(22-5)15(13)20/h6-9,20-21H,10H2,1-5H3/b17-11?,18-9?,19-12+. The number of hydrogen-bond acceptors (Lipinski definition) is 6. The number of methoxy groups -OCH3 is 1. The Bertz CT molecular complexity index is 605. The molecule has 0 heterocycles. The molecule has 0 bridgehead atoms. The van der Waals surface area contributed by atoms with Crippen LogP contribution in [-0.4, -0.2) is 47.1 Å². The molecule has 1 aromatic rings. The monoisotopic (exact) mass is 305 g/mol. The number of benzene rings is 1. The van der Waals surface area contributed by atoms with Crippen LogP contribution in [0.4, 0.5) is 0 Å². The molecule has 0 fully saturated rings. The molecule has 1 rings (SSSR count). The molecule has 22 heavy (non-hydrogen) atoms. The molecule has 0 saturated carbocycles. The molecule has 0 saturated heterocycles. The topological polar surface area (TPSA) is 86.8 Å². The van der Waals surface area contributed by atoms with Crippen LogP contribution in [0.1, 0.15) is 33.3 Å². The summed E-state index contributed by atoms with van der Waals surface area (Å²) < 4.78 is 5.06. The van der Waals surface area contributed by atoms with E-state index in [2.05, 4.69) is 15.1 Å². The van der Waals surface area contributed by atoms with Gasteiger partial charge in [0, 0.05) is 11.8 Å². The fourth-order valence-corrected chi connectivity index (χ4v) is 1.59. The number of oxime groups is 1. The second-order valence-corrected chi connectivity index (χ2v) is 5.56. The molecule has 0 radical (unpaired) electrons. The third kappa shape index (κ3) is 4.87. The van der Waals surface area contributed by atoms with Gasteiger partial charge in [-0.3, -0.25) is 9.98 Å². The summed E-state index contributed by atoms with van der Waals surface area (Å²) >= 11 is 0. The van der Waals surface area contributed by atoms with Crippen molar-refractivity contribution < 1.29 is 15.1 Å². The molecule has 2 N–H and O–H groups in total. The van der Waals surface area contributed by atoms with Crippen molar-refractivity contribution in [3.05, 3.63) is 23.8 Å². The first kappa shape index (κ1) is 17.7. The molecule has 0 aromatic heterocycles. The minimum atomic E-state index is -0.452. The van der Waals surface area contributed by atoms with Gasteiger partial charge in [0.05, 0.1) is 30.6 Å². The summed E-state index contributed by atoms with van der Waals surface area (Å²) in [5.41, 5.74) is 1.27. The first-order valence-corrected chi connectivity index (χ1v) is 6.92. The Morgan fingerprint density at radius 2 is 1.95 bits per heavy atom. The van der Waals surface area contributed by atoms with Crippen LogP contribution in [0.25, 0.3) is 0 Å². The number of aliphatic imine (C=N–C) groups is 2. The normalized spacial score (nSPS) is 13.7. The Hall–Kier alpha value is -2.37. The van der Waals surface area contributed by atoms with Crippen molar-refractivity contribution in [1.82, 2.24) is 0 Å². The first-order valence-electron chi connectivity index (χ1n) is 6.92. The lowest BCUT2D eigenvalue weighted by Crippen LogP contribution is -2.23. The third-order valence-corrected chi connectivity index (χ3v) is 3.18. The lowest BCUT2D eigenvalue weighted by Gasteiger charge is -2.17. The van der Waals surface area contributed by atoms with Crippen LogP contribution < -0.4 is 4.74 Å². The first-order chi connectivity index (χ1) is 10.3. The maximum atomic E-state index is 10.0. The second kappa shape index (κ2) is 7.59. The quantitative estimate of drug-likeness (QED) is 0.481. The summed E-state index contributed by atoms with van der Waals surface area (Å²) in [5.74, 6) is 0.470. The van der Waals surface area contributed by atoms with Gasteiger partial charge in [-0.05, 0) is 39.8 Å². The number of aromatic hydroxyl groups is 1. The highest BCUT2D eigenvalue weighted by Gasteiger charge is 2.15. The molecule has 6 heteroatoms. The molecule has 0 aliphatic rings. The average Bonchev–Trinajstić information content (AvgIpc) is 2.51. The molecule has 6 nitrogen and oxygen atoms in total. The summed E-state index contributed by atoms with van der Waals surface area (Å²) in [6.07, 6.45) is 1.61. The molecular weight excluding hydrogens is 282 g/mol. The number of hydrogen-bond donors (Lipinski definition) is 2. The number of rotatable bonds is 6. The van der Waals surface area contributed by atoms with Gasteiger partial charge in [0.2, 0.25) is 0 Å². The predicted molar refractivity (Wildman–Crippen MR) is 89.2 cm³/mol. The summed E-state index contributed by atoms with van der Waals surface area (Å²) in [6.45, 7) is 7.77. The molecular formula is C16H23N3O3. The summed E-state index contributed by atoms with van der Waals surface area (Å²) in [7, 11) is 1.50. The Labute approximate surface area is 130 Å². The van der Waals surface area contributed by atoms with Crippen molar-refractivity contribution in [3.63, 3.8) is 0 Å².